The standard InChI is InChI=1S/C4H11Cl4NSi2/c1-3-9(4-2)11(7,8)10(5)6/h10H,3-4H2,1-2H3. The first kappa shape index (κ1) is 12.6. The number of hydrogen-bond acceptors (Lipinski definition) is 1. The fraction of sp³-hybridized carbons (Fsp3) is 1.00. The van der Waals surface area contributed by atoms with E-state index in [0.29, 0.717) is 0 Å². The third kappa shape index (κ3) is 3.42. The molecule has 11 heavy (non-hydrogen) atoms. The van der Waals surface area contributed by atoms with Gasteiger partial charge < -0.3 is 4.57 Å². The van der Waals surface area contributed by atoms with Crippen molar-refractivity contribution in [3.8, 4) is 0 Å². The van der Waals surface area contributed by atoms with E-state index in [2.05, 4.69) is 0 Å². The second-order valence-electron chi connectivity index (χ2n) is 2.06. The van der Waals surface area contributed by atoms with E-state index in [9.17, 15) is 0 Å². The molecule has 0 aromatic heterocycles. The molecule has 0 rings (SSSR count). The Morgan fingerprint density at radius 1 is 1.18 bits per heavy atom. The molecule has 0 aliphatic rings. The summed E-state index contributed by atoms with van der Waals surface area (Å²) in [6, 6.07) is 0. The van der Waals surface area contributed by atoms with E-state index in [4.69, 9.17) is 44.3 Å². The van der Waals surface area contributed by atoms with Crippen molar-refractivity contribution < 1.29 is 0 Å². The van der Waals surface area contributed by atoms with Gasteiger partial charge in [0.25, 0.3) is 6.93 Å². The highest BCUT2D eigenvalue weighted by atomic mass is 35.8. The lowest BCUT2D eigenvalue weighted by Gasteiger charge is -2.29. The van der Waals surface area contributed by atoms with Crippen LogP contribution in [0.4, 0.5) is 0 Å². The number of nitrogens with zero attached hydrogens (tertiary/aromatic N) is 1. The minimum atomic E-state index is -2.46. The molecule has 0 aromatic rings. The van der Waals surface area contributed by atoms with Crippen molar-refractivity contribution >= 4 is 57.6 Å². The lowest BCUT2D eigenvalue weighted by atomic mass is 10.7. The van der Waals surface area contributed by atoms with E-state index in [0.717, 1.165) is 13.1 Å². The molecule has 0 heterocycles. The number of hydrogen-bond donors (Lipinski definition) is 0. The molecule has 68 valence electrons. The van der Waals surface area contributed by atoms with Crippen LogP contribution in [-0.4, -0.2) is 31.0 Å². The summed E-state index contributed by atoms with van der Waals surface area (Å²) in [6.45, 7) is 3.70. The topological polar surface area (TPSA) is 3.24 Å². The van der Waals surface area contributed by atoms with Crippen LogP contribution in [-0.2, 0) is 0 Å². The van der Waals surface area contributed by atoms with Crippen LogP contribution in [0.5, 0.6) is 0 Å². The van der Waals surface area contributed by atoms with Gasteiger partial charge in [-0.3, -0.25) is 0 Å². The molecule has 7 heteroatoms. The van der Waals surface area contributed by atoms with Gasteiger partial charge in [-0.2, -0.15) is 0 Å². The average molecular weight is 271 g/mol. The highest BCUT2D eigenvalue weighted by Crippen LogP contribution is 2.27. The maximum Gasteiger partial charge on any atom is 0.338 e. The molecule has 0 unspecified atom stereocenters. The molecule has 0 saturated carbocycles. The summed E-state index contributed by atoms with van der Waals surface area (Å²) < 4.78 is 1.98. The molecule has 0 N–H and O–H groups in total. The number of halogens is 4. The second kappa shape index (κ2) is 5.32. The maximum atomic E-state index is 6.07. The quantitative estimate of drug-likeness (QED) is 0.561. The van der Waals surface area contributed by atoms with Crippen LogP contribution < -0.4 is 0 Å². The van der Waals surface area contributed by atoms with Gasteiger partial charge in [0.2, 0.25) is 0 Å². The highest BCUT2D eigenvalue weighted by Gasteiger charge is 2.43. The highest BCUT2D eigenvalue weighted by molar-refractivity contribution is 7.85. The largest absolute Gasteiger partial charge is 0.338 e. The molecular formula is C4H11Cl4NSi2. The molecule has 0 atom stereocenters. The van der Waals surface area contributed by atoms with Crippen molar-refractivity contribution in [2.24, 2.45) is 0 Å². The Morgan fingerprint density at radius 3 is 1.64 bits per heavy atom. The Kier molecular flexibility index (Phi) is 6.07. The Hall–Kier alpha value is 1.55. The molecule has 0 bridgehead atoms. The zero-order valence-electron chi connectivity index (χ0n) is 6.45. The second-order valence-corrected chi connectivity index (χ2v) is 20.4. The fourth-order valence-electron chi connectivity index (χ4n) is 0.783. The van der Waals surface area contributed by atoms with E-state index < -0.39 is 13.3 Å². The van der Waals surface area contributed by atoms with Gasteiger partial charge in [0, 0.05) is 0 Å². The molecule has 0 aromatic carbocycles. The van der Waals surface area contributed by atoms with Gasteiger partial charge in [-0.1, -0.05) is 13.8 Å². The van der Waals surface area contributed by atoms with Crippen molar-refractivity contribution in [3.05, 3.63) is 0 Å². The molecule has 0 saturated heterocycles. The van der Waals surface area contributed by atoms with E-state index in [1.807, 2.05) is 18.4 Å². The van der Waals surface area contributed by atoms with Crippen molar-refractivity contribution in [1.82, 2.24) is 4.57 Å². The van der Waals surface area contributed by atoms with Gasteiger partial charge in [-0.25, -0.2) is 0 Å². The molecule has 0 aliphatic carbocycles. The number of rotatable bonds is 4. The maximum absolute atomic E-state index is 6.07. The molecule has 1 nitrogen and oxygen atoms in total. The zero-order valence-corrected chi connectivity index (χ0v) is 11.6. The molecular weight excluding hydrogens is 260 g/mol. The van der Waals surface area contributed by atoms with Gasteiger partial charge in [0.05, 0.1) is 0 Å². The van der Waals surface area contributed by atoms with Gasteiger partial charge in [-0.15, -0.1) is 44.3 Å². The normalized spacial score (nSPS) is 13.1. The van der Waals surface area contributed by atoms with Crippen molar-refractivity contribution in [2.75, 3.05) is 13.1 Å². The van der Waals surface area contributed by atoms with Crippen LogP contribution in [0.15, 0.2) is 0 Å². The monoisotopic (exact) mass is 269 g/mol. The summed E-state index contributed by atoms with van der Waals surface area (Å²) in [5.41, 5.74) is 0. The minimum Gasteiger partial charge on any atom is -0.301 e. The van der Waals surface area contributed by atoms with Gasteiger partial charge in [-0.05, 0) is 13.1 Å². The lowest BCUT2D eigenvalue weighted by Crippen LogP contribution is -2.52. The Bertz CT molecular complexity index is 117. The summed E-state index contributed by atoms with van der Waals surface area (Å²) in [7, 11) is 0. The SMILES string of the molecule is CCN(CC)[Si](Cl)(Cl)[SiH](Cl)Cl. The van der Waals surface area contributed by atoms with Crippen LogP contribution in [0.3, 0.4) is 0 Å². The van der Waals surface area contributed by atoms with Crippen LogP contribution in [0.25, 0.3) is 0 Å². The van der Waals surface area contributed by atoms with E-state index in [-0.39, 0.29) is 0 Å². The predicted octanol–water partition coefficient (Wildman–Crippen LogP) is 2.52. The molecule has 0 spiro atoms. The third-order valence-corrected chi connectivity index (χ3v) is 21.2. The lowest BCUT2D eigenvalue weighted by molar-refractivity contribution is 0.493. The third-order valence-electron chi connectivity index (χ3n) is 1.45. The van der Waals surface area contributed by atoms with Crippen LogP contribution in [0, 0.1) is 0 Å². The van der Waals surface area contributed by atoms with Crippen LogP contribution in [0.2, 0.25) is 0 Å². The van der Waals surface area contributed by atoms with Gasteiger partial charge >= 0.3 is 6.37 Å². The fourth-order valence-corrected chi connectivity index (χ4v) is 7.74. The average Bonchev–Trinajstić information content (AvgIpc) is 1.89. The molecule has 0 amide bonds. The summed E-state index contributed by atoms with van der Waals surface area (Å²) in [6.07, 6.45) is -2.46. The molecule has 0 fully saturated rings. The van der Waals surface area contributed by atoms with Crippen molar-refractivity contribution in [3.63, 3.8) is 0 Å². The first-order chi connectivity index (χ1) is 4.96. The first-order valence-electron chi connectivity index (χ1n) is 3.37. The molecule has 0 radical (unpaired) electrons. The first-order valence-corrected chi connectivity index (χ1v) is 12.6. The predicted molar refractivity (Wildman–Crippen MR) is 59.2 cm³/mol. The van der Waals surface area contributed by atoms with E-state index >= 15 is 0 Å². The summed E-state index contributed by atoms with van der Waals surface area (Å²) in [5.74, 6) is 0. The van der Waals surface area contributed by atoms with Crippen molar-refractivity contribution in [2.45, 2.75) is 13.8 Å². The Morgan fingerprint density at radius 2 is 1.55 bits per heavy atom. The summed E-state index contributed by atoms with van der Waals surface area (Å²) in [5, 5.41) is 0. The zero-order chi connectivity index (χ0) is 9.07. The smallest absolute Gasteiger partial charge is 0.301 e. The van der Waals surface area contributed by atoms with Gasteiger partial charge in [0.1, 0.15) is 0 Å². The summed E-state index contributed by atoms with van der Waals surface area (Å²) in [4.78, 5) is 0. The van der Waals surface area contributed by atoms with Crippen molar-refractivity contribution in [1.29, 1.82) is 0 Å². The van der Waals surface area contributed by atoms with Crippen LogP contribution >= 0.6 is 44.3 Å². The Balaban J connectivity index is 4.24. The molecule has 0 aliphatic heterocycles. The van der Waals surface area contributed by atoms with E-state index in [1.54, 1.807) is 0 Å². The minimum absolute atomic E-state index is 0.818. The van der Waals surface area contributed by atoms with Crippen LogP contribution in [0.1, 0.15) is 13.8 Å². The van der Waals surface area contributed by atoms with Gasteiger partial charge in [0.15, 0.2) is 0 Å². The summed E-state index contributed by atoms with van der Waals surface area (Å²) >= 11 is 23.7. The van der Waals surface area contributed by atoms with E-state index in [1.165, 1.54) is 0 Å². The Labute approximate surface area is 88.9 Å².